The van der Waals surface area contributed by atoms with Crippen molar-refractivity contribution in [3.63, 3.8) is 0 Å². The summed E-state index contributed by atoms with van der Waals surface area (Å²) < 4.78 is 0. The van der Waals surface area contributed by atoms with E-state index < -0.39 is 0 Å². The number of oxime groups is 1. The number of carbonyl (C=O) groups is 2. The lowest BCUT2D eigenvalue weighted by Crippen LogP contribution is -2.41. The number of anilines is 1. The van der Waals surface area contributed by atoms with Gasteiger partial charge in [-0.1, -0.05) is 46.6 Å². The van der Waals surface area contributed by atoms with Gasteiger partial charge in [-0.25, -0.2) is 0 Å². The Morgan fingerprint density at radius 3 is 2.31 bits per heavy atom. The summed E-state index contributed by atoms with van der Waals surface area (Å²) in [5.41, 5.74) is 2.22. The van der Waals surface area contributed by atoms with Gasteiger partial charge in [-0.05, 0) is 42.7 Å². The van der Waals surface area contributed by atoms with Crippen LogP contribution in [-0.4, -0.2) is 23.6 Å². The molecule has 146 valence electrons. The van der Waals surface area contributed by atoms with E-state index in [9.17, 15) is 9.59 Å². The Morgan fingerprint density at radius 2 is 1.59 bits per heavy atom. The van der Waals surface area contributed by atoms with Crippen molar-refractivity contribution in [2.75, 3.05) is 4.90 Å². The average molecular weight is 427 g/mol. The SMILES string of the molecule is O=C1[C@@H]2[C@H]3C[C@@H]([C@H]4C(c5ccccc5Cl)=NO[C@@H]34)[C@H]2C(=O)N1c1ccc(Cl)cc1. The highest BCUT2D eigenvalue weighted by molar-refractivity contribution is 6.34. The van der Waals surface area contributed by atoms with Gasteiger partial charge in [0.1, 0.15) is 6.10 Å². The van der Waals surface area contributed by atoms with Crippen LogP contribution >= 0.6 is 23.2 Å². The highest BCUT2D eigenvalue weighted by atomic mass is 35.5. The summed E-state index contributed by atoms with van der Waals surface area (Å²) in [4.78, 5) is 33.7. The molecule has 7 heteroatoms. The summed E-state index contributed by atoms with van der Waals surface area (Å²) in [6, 6.07) is 14.4. The number of fused-ring (bicyclic) bond motifs is 8. The molecule has 2 aromatic carbocycles. The van der Waals surface area contributed by atoms with Crippen LogP contribution in [0.3, 0.4) is 0 Å². The molecule has 6 rings (SSSR count). The van der Waals surface area contributed by atoms with Crippen molar-refractivity contribution < 1.29 is 14.4 Å². The van der Waals surface area contributed by atoms with Crippen molar-refractivity contribution in [1.29, 1.82) is 0 Å². The summed E-state index contributed by atoms with van der Waals surface area (Å²) >= 11 is 12.4. The third-order valence-electron chi connectivity index (χ3n) is 6.93. The number of halogens is 2. The summed E-state index contributed by atoms with van der Waals surface area (Å²) in [5, 5.41) is 5.52. The number of nitrogens with zero attached hydrogens (tertiary/aromatic N) is 2. The second kappa shape index (κ2) is 6.07. The molecule has 2 heterocycles. The minimum absolute atomic E-state index is 0.00696. The van der Waals surface area contributed by atoms with Crippen molar-refractivity contribution in [3.8, 4) is 0 Å². The second-order valence-corrected chi connectivity index (χ2v) is 9.00. The number of hydrogen-bond donors (Lipinski definition) is 0. The Bertz CT molecular complexity index is 1080. The Kier molecular flexibility index (Phi) is 3.66. The Morgan fingerprint density at radius 1 is 0.897 bits per heavy atom. The zero-order valence-corrected chi connectivity index (χ0v) is 16.7. The molecule has 2 aromatic rings. The first-order chi connectivity index (χ1) is 14.1. The fourth-order valence-corrected chi connectivity index (χ4v) is 6.22. The van der Waals surface area contributed by atoms with Crippen LogP contribution in [0.15, 0.2) is 53.7 Å². The molecular weight excluding hydrogens is 411 g/mol. The normalized spacial score (nSPS) is 34.3. The van der Waals surface area contributed by atoms with Crippen LogP contribution in [0.1, 0.15) is 12.0 Å². The smallest absolute Gasteiger partial charge is 0.238 e. The maximum Gasteiger partial charge on any atom is 0.238 e. The number of benzene rings is 2. The number of imide groups is 1. The van der Waals surface area contributed by atoms with Gasteiger partial charge in [0.25, 0.3) is 0 Å². The van der Waals surface area contributed by atoms with Gasteiger partial charge >= 0.3 is 0 Å². The van der Waals surface area contributed by atoms with Crippen LogP contribution in [-0.2, 0) is 14.4 Å². The van der Waals surface area contributed by atoms with E-state index in [0.29, 0.717) is 15.7 Å². The number of amides is 2. The minimum Gasteiger partial charge on any atom is -0.391 e. The van der Waals surface area contributed by atoms with Crippen LogP contribution in [0, 0.1) is 29.6 Å². The quantitative estimate of drug-likeness (QED) is 0.677. The lowest BCUT2D eigenvalue weighted by atomic mass is 9.71. The molecule has 0 aromatic heterocycles. The maximum atomic E-state index is 13.3. The zero-order valence-electron chi connectivity index (χ0n) is 15.2. The molecule has 2 saturated carbocycles. The average Bonchev–Trinajstić information content (AvgIpc) is 3.44. The van der Waals surface area contributed by atoms with Crippen LogP contribution in [0.5, 0.6) is 0 Å². The fourth-order valence-electron chi connectivity index (χ4n) is 5.86. The molecule has 0 unspecified atom stereocenters. The van der Waals surface area contributed by atoms with Gasteiger partial charge in [0.2, 0.25) is 11.8 Å². The van der Waals surface area contributed by atoms with Gasteiger partial charge in [-0.3, -0.25) is 14.5 Å². The summed E-state index contributed by atoms with van der Waals surface area (Å²) in [7, 11) is 0. The molecule has 0 spiro atoms. The Balaban J connectivity index is 1.37. The largest absolute Gasteiger partial charge is 0.391 e. The van der Waals surface area contributed by atoms with Gasteiger partial charge < -0.3 is 4.84 Å². The van der Waals surface area contributed by atoms with Crippen LogP contribution < -0.4 is 4.90 Å². The van der Waals surface area contributed by atoms with Gasteiger partial charge in [0.15, 0.2) is 0 Å². The number of carbonyl (C=O) groups excluding carboxylic acids is 2. The van der Waals surface area contributed by atoms with Crippen molar-refractivity contribution in [3.05, 3.63) is 64.1 Å². The van der Waals surface area contributed by atoms with Gasteiger partial charge in [-0.2, -0.15) is 0 Å². The molecule has 4 aliphatic rings. The maximum absolute atomic E-state index is 13.3. The number of rotatable bonds is 2. The third-order valence-corrected chi connectivity index (χ3v) is 7.51. The standard InChI is InChI=1S/C22H16Cl2N2O3/c23-10-5-7-11(8-6-10)26-21(27)16-13-9-14(17(16)22(26)28)20-18(13)19(25-29-20)12-3-1-2-4-15(12)24/h1-8,13-14,16-18,20H,9H2/t13-,14-,16-,17-,18+,20+/m1/s1. The molecule has 0 N–H and O–H groups in total. The van der Waals surface area contributed by atoms with Crippen molar-refractivity contribution in [2.24, 2.45) is 34.7 Å². The van der Waals surface area contributed by atoms with Gasteiger partial charge in [-0.15, -0.1) is 0 Å². The number of hydrogen-bond acceptors (Lipinski definition) is 4. The molecule has 6 atom stereocenters. The van der Waals surface area contributed by atoms with E-state index in [0.717, 1.165) is 17.7 Å². The van der Waals surface area contributed by atoms with Crippen molar-refractivity contribution in [1.82, 2.24) is 0 Å². The summed E-state index contributed by atoms with van der Waals surface area (Å²) in [6.45, 7) is 0. The topological polar surface area (TPSA) is 59.0 Å². The minimum atomic E-state index is -0.342. The molecule has 2 aliphatic heterocycles. The molecule has 29 heavy (non-hydrogen) atoms. The van der Waals surface area contributed by atoms with Crippen molar-refractivity contribution in [2.45, 2.75) is 12.5 Å². The molecule has 0 radical (unpaired) electrons. The van der Waals surface area contributed by atoms with E-state index in [1.165, 1.54) is 4.90 Å². The van der Waals surface area contributed by atoms with E-state index in [4.69, 9.17) is 28.0 Å². The molecule has 3 fully saturated rings. The predicted octanol–water partition coefficient (Wildman–Crippen LogP) is 4.17. The fraction of sp³-hybridized carbons (Fsp3) is 0.318. The van der Waals surface area contributed by atoms with Gasteiger partial charge in [0.05, 0.1) is 23.2 Å². The predicted molar refractivity (Wildman–Crippen MR) is 109 cm³/mol. The molecule has 5 nitrogen and oxygen atoms in total. The highest BCUT2D eigenvalue weighted by Gasteiger charge is 2.70. The van der Waals surface area contributed by atoms with Crippen LogP contribution in [0.4, 0.5) is 5.69 Å². The van der Waals surface area contributed by atoms with E-state index in [1.807, 2.05) is 24.3 Å². The molecular formula is C22H16Cl2N2O3. The monoisotopic (exact) mass is 426 g/mol. The highest BCUT2D eigenvalue weighted by Crippen LogP contribution is 2.62. The van der Waals surface area contributed by atoms with Crippen molar-refractivity contribution >= 4 is 46.4 Å². The second-order valence-electron chi connectivity index (χ2n) is 8.16. The van der Waals surface area contributed by atoms with Gasteiger partial charge in [0, 0.05) is 27.4 Å². The molecule has 1 saturated heterocycles. The third kappa shape index (κ3) is 2.26. The lowest BCUT2D eigenvalue weighted by molar-refractivity contribution is -0.125. The van der Waals surface area contributed by atoms with E-state index in [2.05, 4.69) is 5.16 Å². The molecule has 2 bridgehead atoms. The van der Waals surface area contributed by atoms with Crippen LogP contribution in [0.25, 0.3) is 0 Å². The first-order valence-corrected chi connectivity index (χ1v) is 10.4. The molecule has 2 aliphatic carbocycles. The lowest BCUT2D eigenvalue weighted by Gasteiger charge is -2.30. The Labute approximate surface area is 177 Å². The molecule has 2 amide bonds. The zero-order chi connectivity index (χ0) is 19.9. The summed E-state index contributed by atoms with van der Waals surface area (Å²) in [5.74, 6) is -0.928. The van der Waals surface area contributed by atoms with E-state index >= 15 is 0 Å². The van der Waals surface area contributed by atoms with Crippen LogP contribution in [0.2, 0.25) is 10.0 Å². The van der Waals surface area contributed by atoms with E-state index in [-0.39, 0.29) is 47.5 Å². The summed E-state index contributed by atoms with van der Waals surface area (Å²) in [6.07, 6.45) is 0.634. The Hall–Kier alpha value is -2.37. The van der Waals surface area contributed by atoms with E-state index in [1.54, 1.807) is 24.3 Å². The first-order valence-electron chi connectivity index (χ1n) is 9.68. The first kappa shape index (κ1) is 17.5.